The Morgan fingerprint density at radius 2 is 2.00 bits per heavy atom. The molecule has 0 radical (unpaired) electrons. The molecule has 1 heterocycles. The van der Waals surface area contributed by atoms with Gasteiger partial charge in [0.1, 0.15) is 0 Å². The molecule has 1 saturated heterocycles. The first kappa shape index (κ1) is 16.0. The number of hydrogen-bond donors (Lipinski definition) is 1. The number of nitrogens with two attached hydrogens (primary N) is 1. The number of benzene rings is 1. The molecule has 0 atom stereocenters. The highest BCUT2D eigenvalue weighted by Gasteiger charge is 2.23. The summed E-state index contributed by atoms with van der Waals surface area (Å²) >= 11 is 8.09. The minimum Gasteiger partial charge on any atom is -0.338 e. The van der Waals surface area contributed by atoms with Gasteiger partial charge in [-0.25, -0.2) is 0 Å². The van der Waals surface area contributed by atoms with Crippen molar-refractivity contribution in [2.75, 3.05) is 13.1 Å². The third-order valence-corrected chi connectivity index (χ3v) is 4.16. The van der Waals surface area contributed by atoms with Crippen molar-refractivity contribution in [3.63, 3.8) is 0 Å². The molecule has 1 aliphatic heterocycles. The number of likely N-dealkylation sites (tertiary alicyclic amines) is 1. The molecule has 1 aliphatic rings. The highest BCUT2D eigenvalue weighted by Crippen LogP contribution is 2.21. The minimum atomic E-state index is 0. The van der Waals surface area contributed by atoms with Gasteiger partial charge in [0.25, 0.3) is 5.91 Å². The van der Waals surface area contributed by atoms with Gasteiger partial charge in [-0.05, 0) is 53.6 Å². The Labute approximate surface area is 132 Å². The molecule has 1 aromatic carbocycles. The highest BCUT2D eigenvalue weighted by molar-refractivity contribution is 14.1. The number of halogens is 3. The van der Waals surface area contributed by atoms with Crippen LogP contribution in [0.15, 0.2) is 18.2 Å². The maximum Gasteiger partial charge on any atom is 0.254 e. The Morgan fingerprint density at radius 3 is 2.61 bits per heavy atom. The molecule has 0 aliphatic carbocycles. The van der Waals surface area contributed by atoms with Crippen molar-refractivity contribution < 1.29 is 4.79 Å². The van der Waals surface area contributed by atoms with Crippen molar-refractivity contribution in [1.82, 2.24) is 4.90 Å². The van der Waals surface area contributed by atoms with Crippen LogP contribution in [-0.2, 0) is 0 Å². The molecular weight excluding hydrogens is 386 g/mol. The molecule has 2 N–H and O–H groups in total. The van der Waals surface area contributed by atoms with E-state index in [0.717, 1.165) is 29.5 Å². The van der Waals surface area contributed by atoms with Gasteiger partial charge in [-0.15, -0.1) is 12.4 Å². The fraction of sp³-hybridized carbons (Fsp3) is 0.417. The SMILES string of the molecule is Cl.NC1CCN(C(=O)c2cc(Cl)ccc2I)CC1. The van der Waals surface area contributed by atoms with Gasteiger partial charge in [-0.3, -0.25) is 4.79 Å². The molecule has 18 heavy (non-hydrogen) atoms. The quantitative estimate of drug-likeness (QED) is 0.736. The summed E-state index contributed by atoms with van der Waals surface area (Å²) in [5.41, 5.74) is 6.52. The Kier molecular flexibility index (Phi) is 6.17. The first-order chi connectivity index (χ1) is 8.08. The summed E-state index contributed by atoms with van der Waals surface area (Å²) in [6.45, 7) is 1.48. The van der Waals surface area contributed by atoms with Crippen molar-refractivity contribution in [2.45, 2.75) is 18.9 Å². The predicted octanol–water partition coefficient (Wildman–Crippen LogP) is 2.93. The van der Waals surface area contributed by atoms with Crippen LogP contribution in [-0.4, -0.2) is 29.9 Å². The van der Waals surface area contributed by atoms with Crippen LogP contribution in [0.5, 0.6) is 0 Å². The van der Waals surface area contributed by atoms with Gasteiger partial charge in [-0.1, -0.05) is 11.6 Å². The van der Waals surface area contributed by atoms with E-state index in [1.165, 1.54) is 0 Å². The number of carbonyl (C=O) groups is 1. The van der Waals surface area contributed by atoms with E-state index in [1.54, 1.807) is 12.1 Å². The summed E-state index contributed by atoms with van der Waals surface area (Å²) in [6, 6.07) is 5.63. The lowest BCUT2D eigenvalue weighted by molar-refractivity contribution is 0.0713. The van der Waals surface area contributed by atoms with Crippen molar-refractivity contribution >= 4 is 52.5 Å². The number of nitrogens with zero attached hydrogens (tertiary/aromatic N) is 1. The summed E-state index contributed by atoms with van der Waals surface area (Å²) in [5.74, 6) is 0.0591. The van der Waals surface area contributed by atoms with Crippen LogP contribution in [0.1, 0.15) is 23.2 Å². The zero-order valence-electron chi connectivity index (χ0n) is 9.73. The zero-order chi connectivity index (χ0) is 12.4. The number of amides is 1. The normalized spacial score (nSPS) is 16.3. The predicted molar refractivity (Wildman–Crippen MR) is 84.5 cm³/mol. The molecule has 6 heteroatoms. The van der Waals surface area contributed by atoms with Crippen LogP contribution in [0.4, 0.5) is 0 Å². The average Bonchev–Trinajstić information content (AvgIpc) is 2.32. The molecule has 100 valence electrons. The van der Waals surface area contributed by atoms with E-state index in [4.69, 9.17) is 17.3 Å². The highest BCUT2D eigenvalue weighted by atomic mass is 127. The van der Waals surface area contributed by atoms with E-state index in [-0.39, 0.29) is 24.4 Å². The molecule has 0 aromatic heterocycles. The minimum absolute atomic E-state index is 0. The molecule has 0 saturated carbocycles. The van der Waals surface area contributed by atoms with Gasteiger partial charge in [0, 0.05) is 27.7 Å². The summed E-state index contributed by atoms with van der Waals surface area (Å²) in [4.78, 5) is 14.2. The van der Waals surface area contributed by atoms with Gasteiger partial charge >= 0.3 is 0 Å². The van der Waals surface area contributed by atoms with Crippen molar-refractivity contribution in [1.29, 1.82) is 0 Å². The van der Waals surface area contributed by atoms with Crippen LogP contribution in [0, 0.1) is 3.57 Å². The molecule has 1 amide bonds. The van der Waals surface area contributed by atoms with Gasteiger partial charge < -0.3 is 10.6 Å². The maximum atomic E-state index is 12.3. The van der Waals surface area contributed by atoms with E-state index in [0.29, 0.717) is 10.6 Å². The number of carbonyl (C=O) groups excluding carboxylic acids is 1. The first-order valence-corrected chi connectivity index (χ1v) is 7.03. The molecular formula is C12H15Cl2IN2O. The largest absolute Gasteiger partial charge is 0.338 e. The Bertz CT molecular complexity index is 434. The van der Waals surface area contributed by atoms with Crippen LogP contribution < -0.4 is 5.73 Å². The summed E-state index contributed by atoms with van der Waals surface area (Å²) in [7, 11) is 0. The summed E-state index contributed by atoms with van der Waals surface area (Å²) in [5, 5.41) is 0.600. The standard InChI is InChI=1S/C12H14ClIN2O.ClH/c13-8-1-2-11(14)10(7-8)12(17)16-5-3-9(15)4-6-16;/h1-2,7,9H,3-6,15H2;1H. The molecule has 2 rings (SSSR count). The second-order valence-corrected chi connectivity index (χ2v) is 5.85. The summed E-state index contributed by atoms with van der Waals surface area (Å²) in [6.07, 6.45) is 1.76. The first-order valence-electron chi connectivity index (χ1n) is 5.58. The topological polar surface area (TPSA) is 46.3 Å². The summed E-state index contributed by atoms with van der Waals surface area (Å²) < 4.78 is 0.937. The van der Waals surface area contributed by atoms with Gasteiger partial charge in [-0.2, -0.15) is 0 Å². The smallest absolute Gasteiger partial charge is 0.254 e. The molecule has 0 bridgehead atoms. The van der Waals surface area contributed by atoms with E-state index in [2.05, 4.69) is 22.6 Å². The Morgan fingerprint density at radius 1 is 1.39 bits per heavy atom. The van der Waals surface area contributed by atoms with Gasteiger partial charge in [0.15, 0.2) is 0 Å². The van der Waals surface area contributed by atoms with Crippen LogP contribution in [0.25, 0.3) is 0 Å². The Hall–Kier alpha value is -0.0400. The van der Waals surface area contributed by atoms with E-state index < -0.39 is 0 Å². The van der Waals surface area contributed by atoms with Crippen LogP contribution in [0.3, 0.4) is 0 Å². The van der Waals surface area contributed by atoms with Crippen LogP contribution in [0.2, 0.25) is 5.02 Å². The lowest BCUT2D eigenvalue weighted by Crippen LogP contribution is -2.43. The molecule has 3 nitrogen and oxygen atoms in total. The maximum absolute atomic E-state index is 12.3. The van der Waals surface area contributed by atoms with Crippen LogP contribution >= 0.6 is 46.6 Å². The second-order valence-electron chi connectivity index (χ2n) is 4.25. The van der Waals surface area contributed by atoms with E-state index in [1.807, 2.05) is 11.0 Å². The van der Waals surface area contributed by atoms with Crippen molar-refractivity contribution in [3.8, 4) is 0 Å². The monoisotopic (exact) mass is 400 g/mol. The third-order valence-electron chi connectivity index (χ3n) is 2.99. The molecule has 1 fully saturated rings. The molecule has 1 aromatic rings. The number of piperidine rings is 1. The van der Waals surface area contributed by atoms with Gasteiger partial charge in [0.2, 0.25) is 0 Å². The third kappa shape index (κ3) is 3.73. The molecule has 0 spiro atoms. The molecule has 0 unspecified atom stereocenters. The second kappa shape index (κ2) is 6.93. The Balaban J connectivity index is 0.00000162. The number of hydrogen-bond acceptors (Lipinski definition) is 2. The number of rotatable bonds is 1. The fourth-order valence-electron chi connectivity index (χ4n) is 1.93. The van der Waals surface area contributed by atoms with E-state index in [9.17, 15) is 4.79 Å². The lowest BCUT2D eigenvalue weighted by atomic mass is 10.0. The van der Waals surface area contributed by atoms with E-state index >= 15 is 0 Å². The average molecular weight is 401 g/mol. The fourth-order valence-corrected chi connectivity index (χ4v) is 2.67. The van der Waals surface area contributed by atoms with Crippen molar-refractivity contribution in [2.24, 2.45) is 5.73 Å². The van der Waals surface area contributed by atoms with Crippen molar-refractivity contribution in [3.05, 3.63) is 32.4 Å². The zero-order valence-corrected chi connectivity index (χ0v) is 13.5. The lowest BCUT2D eigenvalue weighted by Gasteiger charge is -2.30. The van der Waals surface area contributed by atoms with Gasteiger partial charge in [0.05, 0.1) is 5.56 Å².